The minimum absolute atomic E-state index is 0.0448. The van der Waals surface area contributed by atoms with Crippen molar-refractivity contribution in [2.24, 2.45) is 0 Å². The van der Waals surface area contributed by atoms with E-state index in [0.717, 1.165) is 23.5 Å². The molecule has 0 saturated heterocycles. The lowest BCUT2D eigenvalue weighted by atomic mass is 10.2. The molecule has 0 radical (unpaired) electrons. The van der Waals surface area contributed by atoms with Gasteiger partial charge >= 0.3 is 6.18 Å². The molecule has 1 N–H and O–H groups in total. The van der Waals surface area contributed by atoms with Gasteiger partial charge in [-0.1, -0.05) is 15.9 Å². The average molecular weight is 363 g/mol. The van der Waals surface area contributed by atoms with Crippen LogP contribution in [0.2, 0.25) is 0 Å². The van der Waals surface area contributed by atoms with E-state index in [4.69, 9.17) is 5.26 Å². The first kappa shape index (κ1) is 14.8. The zero-order valence-electron chi connectivity index (χ0n) is 9.70. The van der Waals surface area contributed by atoms with Crippen LogP contribution in [0.5, 0.6) is 0 Å². The third-order valence-electron chi connectivity index (χ3n) is 2.46. The monoisotopic (exact) mass is 362 g/mol. The minimum atomic E-state index is -4.44. The molecule has 0 spiro atoms. The van der Waals surface area contributed by atoms with Crippen LogP contribution in [0.15, 0.2) is 24.0 Å². The maximum Gasteiger partial charge on any atom is 0.416 e. The van der Waals surface area contributed by atoms with Crippen molar-refractivity contribution in [3.63, 3.8) is 0 Å². The number of hydrogen-bond donors (Lipinski definition) is 1. The van der Waals surface area contributed by atoms with Crippen molar-refractivity contribution >= 4 is 43.1 Å². The molecule has 20 heavy (non-hydrogen) atoms. The second-order valence-corrected chi connectivity index (χ2v) is 5.36. The molecule has 2 aromatic rings. The molecule has 104 valence electrons. The lowest BCUT2D eigenvalue weighted by Crippen LogP contribution is -2.03. The number of fused-ring (bicyclic) bond motifs is 1. The number of hydrogen-bond acceptors (Lipinski definition) is 4. The van der Waals surface area contributed by atoms with Crippen LogP contribution >= 0.6 is 27.3 Å². The maximum atomic E-state index is 12.6. The van der Waals surface area contributed by atoms with Crippen molar-refractivity contribution in [2.75, 3.05) is 5.33 Å². The Hall–Kier alpha value is -1.59. The van der Waals surface area contributed by atoms with Gasteiger partial charge in [0.05, 0.1) is 21.1 Å². The number of aliphatic hydroxyl groups is 1. The Morgan fingerprint density at radius 3 is 2.70 bits per heavy atom. The summed E-state index contributed by atoms with van der Waals surface area (Å²) in [6.45, 7) is 0. The zero-order chi connectivity index (χ0) is 14.9. The van der Waals surface area contributed by atoms with Gasteiger partial charge in [0.2, 0.25) is 0 Å². The van der Waals surface area contributed by atoms with Gasteiger partial charge in [0, 0.05) is 0 Å². The summed E-state index contributed by atoms with van der Waals surface area (Å²) in [6.07, 6.45) is -4.44. The van der Waals surface area contributed by atoms with Crippen LogP contribution in [-0.2, 0) is 6.18 Å². The van der Waals surface area contributed by atoms with Crippen molar-refractivity contribution < 1.29 is 18.3 Å². The third kappa shape index (κ3) is 2.78. The van der Waals surface area contributed by atoms with Gasteiger partial charge in [-0.25, -0.2) is 4.98 Å². The number of alkyl halides is 4. The standard InChI is InChI=1S/C12H6BrF3N2OS/c13-4-9(19)7(5-17)11-18-8-3-6(12(14,15)16)1-2-10(8)20-11/h1-3,19H,4H2. The summed E-state index contributed by atoms with van der Waals surface area (Å²) >= 11 is 4.06. The fraction of sp³-hybridized carbons (Fsp3) is 0.167. The quantitative estimate of drug-likeness (QED) is 0.486. The SMILES string of the molecule is N#CC(=C(O)CBr)c1nc2cc(C(F)(F)F)ccc2s1. The van der Waals surface area contributed by atoms with E-state index in [1.54, 1.807) is 6.07 Å². The van der Waals surface area contributed by atoms with Crippen molar-refractivity contribution in [3.05, 3.63) is 34.5 Å². The summed E-state index contributed by atoms with van der Waals surface area (Å²) in [5.41, 5.74) is -0.694. The molecule has 0 aliphatic carbocycles. The number of allylic oxidation sites excluding steroid dienone is 2. The van der Waals surface area contributed by atoms with Crippen LogP contribution < -0.4 is 0 Å². The lowest BCUT2D eigenvalue weighted by molar-refractivity contribution is -0.137. The van der Waals surface area contributed by atoms with E-state index in [2.05, 4.69) is 20.9 Å². The second kappa shape index (κ2) is 5.42. The maximum absolute atomic E-state index is 12.6. The molecule has 0 unspecified atom stereocenters. The Morgan fingerprint density at radius 2 is 2.15 bits per heavy atom. The van der Waals surface area contributed by atoms with E-state index in [-0.39, 0.29) is 27.2 Å². The Morgan fingerprint density at radius 1 is 1.45 bits per heavy atom. The number of nitrogens with zero attached hydrogens (tertiary/aromatic N) is 2. The Labute approximate surface area is 124 Å². The molecule has 1 aromatic carbocycles. The van der Waals surface area contributed by atoms with Crippen LogP contribution in [0, 0.1) is 11.3 Å². The fourth-order valence-corrected chi connectivity index (χ4v) is 2.76. The van der Waals surface area contributed by atoms with Crippen LogP contribution in [0.3, 0.4) is 0 Å². The predicted molar refractivity (Wildman–Crippen MR) is 73.6 cm³/mol. The largest absolute Gasteiger partial charge is 0.510 e. The molecule has 0 aliphatic rings. The summed E-state index contributed by atoms with van der Waals surface area (Å²) in [5.74, 6) is -0.206. The van der Waals surface area contributed by atoms with Gasteiger partial charge in [0.15, 0.2) is 0 Å². The molecular formula is C12H6BrF3N2OS. The molecule has 1 heterocycles. The van der Waals surface area contributed by atoms with Gasteiger partial charge in [-0.2, -0.15) is 18.4 Å². The molecular weight excluding hydrogens is 357 g/mol. The van der Waals surface area contributed by atoms with Gasteiger partial charge in [0.25, 0.3) is 0 Å². The smallest absolute Gasteiger partial charge is 0.416 e. The highest BCUT2D eigenvalue weighted by Crippen LogP contribution is 2.34. The molecule has 0 saturated carbocycles. The number of halogens is 4. The molecule has 0 amide bonds. The van der Waals surface area contributed by atoms with Crippen molar-refractivity contribution in [2.45, 2.75) is 6.18 Å². The van der Waals surface area contributed by atoms with E-state index >= 15 is 0 Å². The molecule has 2 rings (SSSR count). The topological polar surface area (TPSA) is 56.9 Å². The van der Waals surface area contributed by atoms with Crippen molar-refractivity contribution in [1.82, 2.24) is 4.98 Å². The predicted octanol–water partition coefficient (Wildman–Crippen LogP) is 4.50. The second-order valence-electron chi connectivity index (χ2n) is 3.77. The number of benzene rings is 1. The summed E-state index contributed by atoms with van der Waals surface area (Å²) in [7, 11) is 0. The van der Waals surface area contributed by atoms with Crippen LogP contribution in [0.4, 0.5) is 13.2 Å². The van der Waals surface area contributed by atoms with Crippen LogP contribution in [0.1, 0.15) is 10.6 Å². The number of nitriles is 1. The van der Waals surface area contributed by atoms with E-state index in [0.29, 0.717) is 4.70 Å². The lowest BCUT2D eigenvalue weighted by Gasteiger charge is -2.04. The number of thiazole rings is 1. The third-order valence-corrected chi connectivity index (χ3v) is 4.04. The zero-order valence-corrected chi connectivity index (χ0v) is 12.1. The Balaban J connectivity index is 2.58. The highest BCUT2D eigenvalue weighted by Gasteiger charge is 2.30. The molecule has 3 nitrogen and oxygen atoms in total. The van der Waals surface area contributed by atoms with Crippen molar-refractivity contribution in [3.8, 4) is 6.07 Å². The van der Waals surface area contributed by atoms with E-state index in [1.165, 1.54) is 6.07 Å². The number of aromatic nitrogens is 1. The van der Waals surface area contributed by atoms with Crippen molar-refractivity contribution in [1.29, 1.82) is 5.26 Å². The van der Waals surface area contributed by atoms with Gasteiger partial charge < -0.3 is 5.11 Å². The minimum Gasteiger partial charge on any atom is -0.510 e. The van der Waals surface area contributed by atoms with Gasteiger partial charge in [-0.3, -0.25) is 0 Å². The molecule has 0 bridgehead atoms. The normalized spacial score (nSPS) is 13.2. The first-order valence-electron chi connectivity index (χ1n) is 5.23. The highest BCUT2D eigenvalue weighted by molar-refractivity contribution is 9.09. The van der Waals surface area contributed by atoms with E-state index in [9.17, 15) is 18.3 Å². The van der Waals surface area contributed by atoms with E-state index in [1.807, 2.05) is 0 Å². The Bertz CT molecular complexity index is 730. The summed E-state index contributed by atoms with van der Waals surface area (Å²) < 4.78 is 38.3. The number of rotatable bonds is 2. The first-order chi connectivity index (χ1) is 9.36. The van der Waals surface area contributed by atoms with Crippen LogP contribution in [0.25, 0.3) is 15.8 Å². The van der Waals surface area contributed by atoms with E-state index < -0.39 is 11.7 Å². The molecule has 0 fully saturated rings. The first-order valence-corrected chi connectivity index (χ1v) is 7.17. The highest BCUT2D eigenvalue weighted by atomic mass is 79.9. The summed E-state index contributed by atoms with van der Waals surface area (Å²) in [4.78, 5) is 3.98. The van der Waals surface area contributed by atoms with Gasteiger partial charge in [-0.15, -0.1) is 11.3 Å². The van der Waals surface area contributed by atoms with Gasteiger partial charge in [0.1, 0.15) is 22.4 Å². The fourth-order valence-electron chi connectivity index (χ4n) is 1.51. The summed E-state index contributed by atoms with van der Waals surface area (Å²) in [5, 5.41) is 18.8. The average Bonchev–Trinajstić information content (AvgIpc) is 2.80. The summed E-state index contributed by atoms with van der Waals surface area (Å²) in [6, 6.07) is 4.99. The van der Waals surface area contributed by atoms with Gasteiger partial charge in [-0.05, 0) is 18.2 Å². The Kier molecular flexibility index (Phi) is 4.01. The van der Waals surface area contributed by atoms with Crippen LogP contribution in [-0.4, -0.2) is 15.4 Å². The molecule has 8 heteroatoms. The molecule has 0 aliphatic heterocycles. The number of aliphatic hydroxyl groups excluding tert-OH is 1. The molecule has 1 aromatic heterocycles. The molecule has 0 atom stereocenters.